The van der Waals surface area contributed by atoms with Gasteiger partial charge in [0.25, 0.3) is 0 Å². The highest BCUT2D eigenvalue weighted by atomic mass is 32.1. The minimum atomic E-state index is -0.506. The molecule has 9 heteroatoms. The van der Waals surface area contributed by atoms with Crippen molar-refractivity contribution in [2.75, 3.05) is 24.5 Å². The fraction of sp³-hybridized carbons (Fsp3) is 0.476. The van der Waals surface area contributed by atoms with Gasteiger partial charge in [-0.2, -0.15) is 0 Å². The summed E-state index contributed by atoms with van der Waals surface area (Å²) in [6.07, 6.45) is -0.275. The van der Waals surface area contributed by atoms with Crippen LogP contribution >= 0.6 is 11.3 Å². The van der Waals surface area contributed by atoms with Crippen molar-refractivity contribution in [3.8, 4) is 11.3 Å². The van der Waals surface area contributed by atoms with Crippen molar-refractivity contribution in [3.63, 3.8) is 0 Å². The second-order valence-electron chi connectivity index (χ2n) is 8.60. The van der Waals surface area contributed by atoms with Gasteiger partial charge in [0.1, 0.15) is 11.4 Å². The van der Waals surface area contributed by atoms with Crippen molar-refractivity contribution >= 4 is 27.5 Å². The number of imidazole rings is 1. The molecule has 1 aliphatic rings. The molecule has 2 aromatic heterocycles. The maximum absolute atomic E-state index is 13.2. The summed E-state index contributed by atoms with van der Waals surface area (Å²) in [6, 6.07) is 6.35. The number of aromatic nitrogens is 3. The van der Waals surface area contributed by atoms with Crippen LogP contribution in [-0.4, -0.2) is 56.9 Å². The normalized spacial score (nSPS) is 17.6. The molecule has 30 heavy (non-hydrogen) atoms. The van der Waals surface area contributed by atoms with Crippen LogP contribution in [0.25, 0.3) is 16.2 Å². The second-order valence-corrected chi connectivity index (χ2v) is 9.53. The van der Waals surface area contributed by atoms with Crippen molar-refractivity contribution in [1.29, 1.82) is 0 Å². The Morgan fingerprint density at radius 2 is 1.93 bits per heavy atom. The van der Waals surface area contributed by atoms with Crippen LogP contribution in [0.3, 0.4) is 0 Å². The Morgan fingerprint density at radius 1 is 1.23 bits per heavy atom. The second kappa shape index (κ2) is 7.54. The van der Waals surface area contributed by atoms with Crippen LogP contribution in [0.2, 0.25) is 0 Å². The van der Waals surface area contributed by atoms with E-state index in [1.165, 1.54) is 23.5 Å². The predicted octanol–water partition coefficient (Wildman–Crippen LogP) is 4.35. The molecule has 3 heterocycles. The third-order valence-corrected chi connectivity index (χ3v) is 6.03. The van der Waals surface area contributed by atoms with E-state index in [1.54, 1.807) is 17.0 Å². The van der Waals surface area contributed by atoms with Crippen molar-refractivity contribution in [3.05, 3.63) is 35.8 Å². The molecule has 1 amide bonds. The first kappa shape index (κ1) is 20.6. The number of piperazine rings is 1. The largest absolute Gasteiger partial charge is 0.444 e. The van der Waals surface area contributed by atoms with Crippen LogP contribution < -0.4 is 4.90 Å². The summed E-state index contributed by atoms with van der Waals surface area (Å²) in [6.45, 7) is 11.6. The summed E-state index contributed by atoms with van der Waals surface area (Å²) in [5.74, 6) is -0.266. The molecule has 4 rings (SSSR count). The number of fused-ring (bicyclic) bond motifs is 1. The molecule has 0 radical (unpaired) electrons. The van der Waals surface area contributed by atoms with Crippen molar-refractivity contribution in [2.24, 2.45) is 0 Å². The number of rotatable bonds is 2. The fourth-order valence-corrected chi connectivity index (χ4v) is 4.55. The highest BCUT2D eigenvalue weighted by Crippen LogP contribution is 2.31. The Morgan fingerprint density at radius 3 is 2.53 bits per heavy atom. The Balaban J connectivity index is 1.51. The molecule has 0 spiro atoms. The van der Waals surface area contributed by atoms with Crippen LogP contribution in [-0.2, 0) is 4.74 Å². The lowest BCUT2D eigenvalue weighted by Gasteiger charge is -2.39. The monoisotopic (exact) mass is 431 g/mol. The van der Waals surface area contributed by atoms with Gasteiger partial charge in [0.2, 0.25) is 10.1 Å². The van der Waals surface area contributed by atoms with Crippen LogP contribution in [0.1, 0.15) is 33.4 Å². The van der Waals surface area contributed by atoms with E-state index in [2.05, 4.69) is 4.90 Å². The number of halogens is 1. The number of amides is 1. The van der Waals surface area contributed by atoms with Crippen molar-refractivity contribution in [1.82, 2.24) is 19.5 Å². The number of anilines is 1. The number of carbonyl (C=O) groups is 1. The molecule has 160 valence electrons. The topological polar surface area (TPSA) is 63.0 Å². The van der Waals surface area contributed by atoms with Gasteiger partial charge in [-0.1, -0.05) is 11.3 Å². The van der Waals surface area contributed by atoms with Crippen molar-refractivity contribution in [2.45, 2.75) is 46.3 Å². The zero-order valence-electron chi connectivity index (χ0n) is 17.8. The Hall–Kier alpha value is -2.68. The molecule has 0 saturated carbocycles. The van der Waals surface area contributed by atoms with Gasteiger partial charge in [-0.05, 0) is 58.9 Å². The lowest BCUT2D eigenvalue weighted by molar-refractivity contribution is 0.0159. The van der Waals surface area contributed by atoms with Gasteiger partial charge in [0.05, 0.1) is 11.4 Å². The first-order valence-corrected chi connectivity index (χ1v) is 10.8. The molecule has 7 nitrogen and oxygen atoms in total. The minimum Gasteiger partial charge on any atom is -0.444 e. The van der Waals surface area contributed by atoms with Crippen LogP contribution in [0.4, 0.5) is 14.3 Å². The number of benzene rings is 1. The Kier molecular flexibility index (Phi) is 5.17. The third kappa shape index (κ3) is 3.98. The number of nitrogens with zero attached hydrogens (tertiary/aromatic N) is 5. The standard InChI is InChI=1S/C21H26FN5O2S/c1-13-12-25(10-11-26(13)20(28)29-21(3,4)5)19-24-27-14(2)17(23-18(27)30-19)15-6-8-16(22)9-7-15/h6-9,13H,10-12H2,1-5H3. The Bertz CT molecular complexity index is 1070. The van der Waals surface area contributed by atoms with Gasteiger partial charge in [-0.25, -0.2) is 18.7 Å². The zero-order chi connectivity index (χ0) is 21.6. The molecular weight excluding hydrogens is 405 g/mol. The lowest BCUT2D eigenvalue weighted by atomic mass is 10.1. The highest BCUT2D eigenvalue weighted by molar-refractivity contribution is 7.20. The zero-order valence-corrected chi connectivity index (χ0v) is 18.7. The Labute approximate surface area is 179 Å². The number of carbonyl (C=O) groups excluding carboxylic acids is 1. The lowest BCUT2D eigenvalue weighted by Crippen LogP contribution is -2.55. The summed E-state index contributed by atoms with van der Waals surface area (Å²) in [5, 5.41) is 5.63. The fourth-order valence-electron chi connectivity index (χ4n) is 3.57. The molecular formula is C21H26FN5O2S. The summed E-state index contributed by atoms with van der Waals surface area (Å²) in [4.78, 5) is 21.9. The molecule has 1 unspecified atom stereocenters. The molecule has 0 bridgehead atoms. The van der Waals surface area contributed by atoms with E-state index in [1.807, 2.05) is 39.1 Å². The highest BCUT2D eigenvalue weighted by Gasteiger charge is 2.32. The van der Waals surface area contributed by atoms with Crippen LogP contribution in [0, 0.1) is 12.7 Å². The molecule has 1 aromatic carbocycles. The SMILES string of the molecule is Cc1c(-c2ccc(F)cc2)nc2sc(N3CCN(C(=O)OC(C)(C)C)C(C)C3)nn12. The summed E-state index contributed by atoms with van der Waals surface area (Å²) >= 11 is 1.52. The summed E-state index contributed by atoms with van der Waals surface area (Å²) in [5.41, 5.74) is 2.09. The van der Waals surface area contributed by atoms with E-state index in [-0.39, 0.29) is 18.0 Å². The molecule has 3 aromatic rings. The van der Waals surface area contributed by atoms with E-state index in [0.717, 1.165) is 27.0 Å². The van der Waals surface area contributed by atoms with Gasteiger partial charge in [-0.3, -0.25) is 0 Å². The molecule has 0 N–H and O–H groups in total. The summed E-state index contributed by atoms with van der Waals surface area (Å²) in [7, 11) is 0. The van der Waals surface area contributed by atoms with E-state index < -0.39 is 5.60 Å². The van der Waals surface area contributed by atoms with Gasteiger partial charge in [-0.15, -0.1) is 5.10 Å². The molecule has 1 fully saturated rings. The first-order valence-electron chi connectivity index (χ1n) is 9.99. The quantitative estimate of drug-likeness (QED) is 0.604. The molecule has 1 atom stereocenters. The van der Waals surface area contributed by atoms with Gasteiger partial charge < -0.3 is 14.5 Å². The molecule has 0 aliphatic carbocycles. The van der Waals surface area contributed by atoms with Gasteiger partial charge >= 0.3 is 6.09 Å². The van der Waals surface area contributed by atoms with E-state index in [0.29, 0.717) is 19.6 Å². The third-order valence-electron chi connectivity index (χ3n) is 5.06. The number of ether oxygens (including phenoxy) is 1. The number of aryl methyl sites for hydroxylation is 1. The predicted molar refractivity (Wildman–Crippen MR) is 116 cm³/mol. The van der Waals surface area contributed by atoms with Gasteiger partial charge in [0, 0.05) is 31.2 Å². The van der Waals surface area contributed by atoms with Crippen molar-refractivity contribution < 1.29 is 13.9 Å². The van der Waals surface area contributed by atoms with E-state index >= 15 is 0 Å². The van der Waals surface area contributed by atoms with E-state index in [9.17, 15) is 9.18 Å². The maximum Gasteiger partial charge on any atom is 0.410 e. The average molecular weight is 432 g/mol. The average Bonchev–Trinajstić information content (AvgIpc) is 3.20. The van der Waals surface area contributed by atoms with Crippen LogP contribution in [0.15, 0.2) is 24.3 Å². The minimum absolute atomic E-state index is 0.0145. The number of hydrogen-bond acceptors (Lipinski definition) is 6. The first-order chi connectivity index (χ1) is 14.1. The summed E-state index contributed by atoms with van der Waals surface area (Å²) < 4.78 is 20.6. The molecule has 1 aliphatic heterocycles. The van der Waals surface area contributed by atoms with E-state index in [4.69, 9.17) is 14.8 Å². The molecule has 1 saturated heterocycles. The smallest absolute Gasteiger partial charge is 0.410 e. The maximum atomic E-state index is 13.2. The number of hydrogen-bond donors (Lipinski definition) is 0. The van der Waals surface area contributed by atoms with Crippen LogP contribution in [0.5, 0.6) is 0 Å². The van der Waals surface area contributed by atoms with Gasteiger partial charge in [0.15, 0.2) is 0 Å².